The van der Waals surface area contributed by atoms with Crippen molar-refractivity contribution in [3.8, 4) is 11.8 Å². The fourth-order valence-corrected chi connectivity index (χ4v) is 2.07. The van der Waals surface area contributed by atoms with Gasteiger partial charge in [0.05, 0.1) is 19.1 Å². The highest BCUT2D eigenvalue weighted by Crippen LogP contribution is 2.06. The number of rotatable bonds is 7. The lowest BCUT2D eigenvalue weighted by Gasteiger charge is -2.08. The molecule has 1 aromatic carbocycles. The molecule has 1 aromatic heterocycles. The van der Waals surface area contributed by atoms with E-state index in [0.717, 1.165) is 12.8 Å². The predicted molar refractivity (Wildman–Crippen MR) is 81.2 cm³/mol. The third-order valence-corrected chi connectivity index (χ3v) is 3.16. The second-order valence-corrected chi connectivity index (χ2v) is 4.72. The Morgan fingerprint density at radius 2 is 1.95 bits per heavy atom. The Bertz CT molecular complexity index is 656. The highest BCUT2D eigenvalue weighted by Gasteiger charge is 2.04. The number of nitriles is 1. The second-order valence-electron chi connectivity index (χ2n) is 4.72. The number of nitrogens with zero attached hydrogens (tertiary/aromatic N) is 2. The molecule has 0 radical (unpaired) electrons. The summed E-state index contributed by atoms with van der Waals surface area (Å²) in [6.45, 7) is 0.906. The van der Waals surface area contributed by atoms with Crippen molar-refractivity contribution in [3.63, 3.8) is 0 Å². The van der Waals surface area contributed by atoms with Crippen molar-refractivity contribution < 1.29 is 4.74 Å². The Kier molecular flexibility index (Phi) is 5.60. The summed E-state index contributed by atoms with van der Waals surface area (Å²) in [5.74, 6) is 0.350. The number of pyridine rings is 1. The molecule has 0 aliphatic rings. The normalized spacial score (nSPS) is 10.0. The van der Waals surface area contributed by atoms with Crippen molar-refractivity contribution in [2.75, 3.05) is 6.61 Å². The monoisotopic (exact) mass is 282 g/mol. The lowest BCUT2D eigenvalue weighted by atomic mass is 10.1. The minimum absolute atomic E-state index is 0.174. The molecule has 21 heavy (non-hydrogen) atoms. The molecule has 0 spiro atoms. The molecule has 0 amide bonds. The van der Waals surface area contributed by atoms with Crippen LogP contribution in [0.4, 0.5) is 0 Å². The zero-order chi connectivity index (χ0) is 14.9. The van der Waals surface area contributed by atoms with Crippen LogP contribution in [0.2, 0.25) is 0 Å². The molecule has 0 aliphatic heterocycles. The van der Waals surface area contributed by atoms with E-state index in [9.17, 15) is 4.79 Å². The van der Waals surface area contributed by atoms with Gasteiger partial charge in [-0.15, -0.1) is 0 Å². The van der Waals surface area contributed by atoms with E-state index in [4.69, 9.17) is 10.00 Å². The van der Waals surface area contributed by atoms with Crippen LogP contribution < -0.4 is 10.3 Å². The molecule has 4 heteroatoms. The Labute approximate surface area is 124 Å². The summed E-state index contributed by atoms with van der Waals surface area (Å²) in [5, 5.41) is 8.57. The molecule has 4 nitrogen and oxygen atoms in total. The molecule has 0 bridgehead atoms. The molecule has 0 saturated carbocycles. The van der Waals surface area contributed by atoms with E-state index >= 15 is 0 Å². The quantitative estimate of drug-likeness (QED) is 0.734. The summed E-state index contributed by atoms with van der Waals surface area (Å²) in [4.78, 5) is 12.1. The zero-order valence-electron chi connectivity index (χ0n) is 11.9. The van der Waals surface area contributed by atoms with Crippen molar-refractivity contribution in [1.82, 2.24) is 4.57 Å². The number of ether oxygens (including phenoxy) is 1. The summed E-state index contributed by atoms with van der Waals surface area (Å²) in [6.07, 6.45) is 3.78. The maximum Gasteiger partial charge on any atom is 0.292 e. The molecule has 1 heterocycles. The van der Waals surface area contributed by atoms with Gasteiger partial charge in [-0.05, 0) is 30.5 Å². The van der Waals surface area contributed by atoms with Gasteiger partial charge in [0.1, 0.15) is 0 Å². The highest BCUT2D eigenvalue weighted by atomic mass is 16.5. The Hall–Kier alpha value is -2.54. The number of hydrogen-bond acceptors (Lipinski definition) is 3. The average molecular weight is 282 g/mol. The number of hydrogen-bond donors (Lipinski definition) is 0. The predicted octanol–water partition coefficient (Wildman–Crippen LogP) is 2.77. The maximum absolute atomic E-state index is 12.1. The Morgan fingerprint density at radius 3 is 2.71 bits per heavy atom. The van der Waals surface area contributed by atoms with Crippen LogP contribution in [0.25, 0.3) is 0 Å². The fourth-order valence-electron chi connectivity index (χ4n) is 2.07. The Morgan fingerprint density at radius 1 is 1.14 bits per heavy atom. The van der Waals surface area contributed by atoms with E-state index in [0.29, 0.717) is 25.3 Å². The largest absolute Gasteiger partial charge is 0.488 e. The van der Waals surface area contributed by atoms with Gasteiger partial charge in [-0.2, -0.15) is 5.26 Å². The molecular formula is C17H18N2O2. The van der Waals surface area contributed by atoms with Gasteiger partial charge in [0.2, 0.25) is 0 Å². The van der Waals surface area contributed by atoms with Gasteiger partial charge >= 0.3 is 0 Å². The standard InChI is InChI=1S/C17H18N2O2/c18-11-6-13-19-12-4-10-16(17(19)20)21-14-5-9-15-7-2-1-3-8-15/h1-4,7-8,10,12H,5-6,9,13-14H2. The van der Waals surface area contributed by atoms with E-state index in [-0.39, 0.29) is 5.56 Å². The summed E-state index contributed by atoms with van der Waals surface area (Å²) in [5.41, 5.74) is 1.09. The molecule has 0 fully saturated rings. The van der Waals surface area contributed by atoms with Crippen LogP contribution in [0.15, 0.2) is 53.5 Å². The van der Waals surface area contributed by atoms with Crippen molar-refractivity contribution in [3.05, 3.63) is 64.6 Å². The van der Waals surface area contributed by atoms with Gasteiger partial charge < -0.3 is 9.30 Å². The van der Waals surface area contributed by atoms with Crippen molar-refractivity contribution in [1.29, 1.82) is 5.26 Å². The van der Waals surface area contributed by atoms with Crippen LogP contribution in [-0.4, -0.2) is 11.2 Å². The molecule has 0 atom stereocenters. The van der Waals surface area contributed by atoms with E-state index in [1.165, 1.54) is 10.1 Å². The first kappa shape index (κ1) is 14.9. The van der Waals surface area contributed by atoms with Gasteiger partial charge in [0, 0.05) is 12.7 Å². The van der Waals surface area contributed by atoms with Gasteiger partial charge in [-0.3, -0.25) is 4.79 Å². The van der Waals surface area contributed by atoms with Gasteiger partial charge in [-0.25, -0.2) is 0 Å². The van der Waals surface area contributed by atoms with Gasteiger partial charge in [-0.1, -0.05) is 30.3 Å². The van der Waals surface area contributed by atoms with E-state index in [2.05, 4.69) is 12.1 Å². The lowest BCUT2D eigenvalue weighted by Crippen LogP contribution is -2.21. The molecule has 2 rings (SSSR count). The van der Waals surface area contributed by atoms with Gasteiger partial charge in [0.25, 0.3) is 5.56 Å². The number of aryl methyl sites for hydroxylation is 2. The van der Waals surface area contributed by atoms with Crippen LogP contribution in [0, 0.1) is 11.3 Å². The van der Waals surface area contributed by atoms with Crippen molar-refractivity contribution in [2.24, 2.45) is 0 Å². The molecule has 0 unspecified atom stereocenters. The summed E-state index contributed by atoms with van der Waals surface area (Å²) in [6, 6.07) is 15.7. The topological polar surface area (TPSA) is 55.0 Å². The van der Waals surface area contributed by atoms with E-state index < -0.39 is 0 Å². The molecule has 108 valence electrons. The van der Waals surface area contributed by atoms with Crippen molar-refractivity contribution in [2.45, 2.75) is 25.8 Å². The molecule has 0 saturated heterocycles. The second kappa shape index (κ2) is 7.91. The minimum atomic E-state index is -0.174. The first-order valence-electron chi connectivity index (χ1n) is 7.04. The number of benzene rings is 1. The highest BCUT2D eigenvalue weighted by molar-refractivity contribution is 5.17. The molecule has 0 N–H and O–H groups in total. The summed E-state index contributed by atoms with van der Waals surface area (Å²) < 4.78 is 7.07. The van der Waals surface area contributed by atoms with Crippen LogP contribution in [0.3, 0.4) is 0 Å². The average Bonchev–Trinajstić information content (AvgIpc) is 2.53. The zero-order valence-corrected chi connectivity index (χ0v) is 11.9. The van der Waals surface area contributed by atoms with Crippen LogP contribution in [0.1, 0.15) is 18.4 Å². The first-order valence-corrected chi connectivity index (χ1v) is 7.04. The SMILES string of the molecule is N#CCCn1cccc(OCCCc2ccccc2)c1=O. The van der Waals surface area contributed by atoms with Gasteiger partial charge in [0.15, 0.2) is 5.75 Å². The lowest BCUT2D eigenvalue weighted by molar-refractivity contribution is 0.304. The smallest absolute Gasteiger partial charge is 0.292 e. The van der Waals surface area contributed by atoms with Crippen LogP contribution >= 0.6 is 0 Å². The number of aromatic nitrogens is 1. The third-order valence-electron chi connectivity index (χ3n) is 3.16. The minimum Gasteiger partial charge on any atom is -0.488 e. The first-order chi connectivity index (χ1) is 10.3. The molecular weight excluding hydrogens is 264 g/mol. The van der Waals surface area contributed by atoms with Crippen LogP contribution in [0.5, 0.6) is 5.75 Å². The van der Waals surface area contributed by atoms with Crippen LogP contribution in [-0.2, 0) is 13.0 Å². The third kappa shape index (κ3) is 4.50. The maximum atomic E-state index is 12.1. The summed E-state index contributed by atoms with van der Waals surface area (Å²) in [7, 11) is 0. The van der Waals surface area contributed by atoms with Crippen molar-refractivity contribution >= 4 is 0 Å². The Balaban J connectivity index is 1.86. The van der Waals surface area contributed by atoms with E-state index in [1.54, 1.807) is 18.3 Å². The fraction of sp³-hybridized carbons (Fsp3) is 0.294. The summed E-state index contributed by atoms with van der Waals surface area (Å²) >= 11 is 0. The molecule has 0 aliphatic carbocycles. The molecule has 2 aromatic rings. The van der Waals surface area contributed by atoms with E-state index in [1.807, 2.05) is 24.3 Å².